The van der Waals surface area contributed by atoms with Crippen molar-refractivity contribution >= 4 is 5.91 Å². The highest BCUT2D eigenvalue weighted by Crippen LogP contribution is 2.08. The molecule has 2 rings (SSSR count). The Balaban J connectivity index is 1.84. The third-order valence-electron chi connectivity index (χ3n) is 3.44. The first-order valence-electron chi connectivity index (χ1n) is 6.98. The van der Waals surface area contributed by atoms with Crippen molar-refractivity contribution < 1.29 is 4.79 Å². The zero-order chi connectivity index (χ0) is 14.4. The molecule has 104 valence electrons. The topological polar surface area (TPSA) is 20.3 Å². The van der Waals surface area contributed by atoms with Crippen molar-refractivity contribution in [1.82, 2.24) is 4.90 Å². The molecule has 0 fully saturated rings. The standard InChI is InChI=1S/C18H21NO/c1-15-8-10-17(11-9-15)14-19(2)18(20)13-12-16-6-4-3-5-7-16/h3-11H,12-14H2,1-2H3. The van der Waals surface area contributed by atoms with Crippen molar-refractivity contribution in [2.45, 2.75) is 26.3 Å². The van der Waals surface area contributed by atoms with E-state index in [1.165, 1.54) is 16.7 Å². The molecule has 0 heterocycles. The predicted molar refractivity (Wildman–Crippen MR) is 82.4 cm³/mol. The van der Waals surface area contributed by atoms with E-state index in [0.717, 1.165) is 6.42 Å². The van der Waals surface area contributed by atoms with Crippen LogP contribution in [-0.2, 0) is 17.8 Å². The molecule has 0 aliphatic heterocycles. The quantitative estimate of drug-likeness (QED) is 0.810. The molecule has 0 saturated heterocycles. The van der Waals surface area contributed by atoms with E-state index < -0.39 is 0 Å². The Hall–Kier alpha value is -2.09. The zero-order valence-electron chi connectivity index (χ0n) is 12.2. The molecule has 0 bridgehead atoms. The van der Waals surface area contributed by atoms with Crippen molar-refractivity contribution in [3.8, 4) is 0 Å². The Morgan fingerprint density at radius 1 is 0.950 bits per heavy atom. The molecular formula is C18H21NO. The Morgan fingerprint density at radius 2 is 1.60 bits per heavy atom. The number of rotatable bonds is 5. The minimum Gasteiger partial charge on any atom is -0.341 e. The fraction of sp³-hybridized carbons (Fsp3) is 0.278. The van der Waals surface area contributed by atoms with E-state index in [2.05, 4.69) is 43.3 Å². The maximum atomic E-state index is 12.1. The molecule has 2 nitrogen and oxygen atoms in total. The fourth-order valence-corrected chi connectivity index (χ4v) is 2.14. The number of hydrogen-bond donors (Lipinski definition) is 0. The van der Waals surface area contributed by atoms with Gasteiger partial charge in [0.15, 0.2) is 0 Å². The number of amides is 1. The normalized spacial score (nSPS) is 10.3. The lowest BCUT2D eigenvalue weighted by Crippen LogP contribution is -2.26. The summed E-state index contributed by atoms with van der Waals surface area (Å²) in [5, 5.41) is 0. The summed E-state index contributed by atoms with van der Waals surface area (Å²) in [7, 11) is 1.87. The first-order chi connectivity index (χ1) is 9.65. The highest BCUT2D eigenvalue weighted by Gasteiger charge is 2.09. The van der Waals surface area contributed by atoms with Gasteiger partial charge in [0.1, 0.15) is 0 Å². The third-order valence-corrected chi connectivity index (χ3v) is 3.44. The summed E-state index contributed by atoms with van der Waals surface area (Å²) in [6.07, 6.45) is 1.37. The van der Waals surface area contributed by atoms with Gasteiger partial charge in [-0.05, 0) is 24.5 Å². The van der Waals surface area contributed by atoms with E-state index in [-0.39, 0.29) is 5.91 Å². The summed E-state index contributed by atoms with van der Waals surface area (Å²) in [5.41, 5.74) is 3.63. The minimum atomic E-state index is 0.189. The van der Waals surface area contributed by atoms with Crippen LogP contribution >= 0.6 is 0 Å². The van der Waals surface area contributed by atoms with Gasteiger partial charge in [-0.15, -0.1) is 0 Å². The van der Waals surface area contributed by atoms with Gasteiger partial charge in [0.2, 0.25) is 5.91 Å². The van der Waals surface area contributed by atoms with Gasteiger partial charge in [-0.2, -0.15) is 0 Å². The summed E-state index contributed by atoms with van der Waals surface area (Å²) in [5.74, 6) is 0.189. The maximum absolute atomic E-state index is 12.1. The molecule has 0 atom stereocenters. The summed E-state index contributed by atoms with van der Waals surface area (Å²) < 4.78 is 0. The molecule has 2 aromatic carbocycles. The molecule has 2 aromatic rings. The summed E-state index contributed by atoms with van der Waals surface area (Å²) in [6.45, 7) is 2.74. The van der Waals surface area contributed by atoms with Crippen molar-refractivity contribution in [1.29, 1.82) is 0 Å². The Morgan fingerprint density at radius 3 is 2.25 bits per heavy atom. The molecule has 0 N–H and O–H groups in total. The van der Waals surface area contributed by atoms with Gasteiger partial charge in [-0.25, -0.2) is 0 Å². The zero-order valence-corrected chi connectivity index (χ0v) is 12.2. The van der Waals surface area contributed by atoms with Crippen LogP contribution in [0.4, 0.5) is 0 Å². The Kier molecular flexibility index (Phi) is 4.94. The lowest BCUT2D eigenvalue weighted by Gasteiger charge is -2.17. The van der Waals surface area contributed by atoms with Gasteiger partial charge in [0.05, 0.1) is 0 Å². The second-order valence-electron chi connectivity index (χ2n) is 5.22. The Labute approximate surface area is 121 Å². The molecule has 20 heavy (non-hydrogen) atoms. The van der Waals surface area contributed by atoms with Crippen LogP contribution in [-0.4, -0.2) is 17.9 Å². The van der Waals surface area contributed by atoms with Gasteiger partial charge in [-0.1, -0.05) is 60.2 Å². The lowest BCUT2D eigenvalue weighted by molar-refractivity contribution is -0.130. The third kappa shape index (κ3) is 4.23. The van der Waals surface area contributed by atoms with E-state index >= 15 is 0 Å². The Bertz CT molecular complexity index is 545. The first-order valence-corrected chi connectivity index (χ1v) is 6.98. The molecule has 0 unspecified atom stereocenters. The van der Waals surface area contributed by atoms with E-state index in [1.807, 2.05) is 25.2 Å². The fourth-order valence-electron chi connectivity index (χ4n) is 2.14. The molecule has 0 saturated carbocycles. The van der Waals surface area contributed by atoms with Crippen LogP contribution in [0.2, 0.25) is 0 Å². The first kappa shape index (κ1) is 14.3. The van der Waals surface area contributed by atoms with E-state index in [9.17, 15) is 4.79 Å². The number of carbonyl (C=O) groups excluding carboxylic acids is 1. The van der Waals surface area contributed by atoms with Crippen molar-refractivity contribution in [2.24, 2.45) is 0 Å². The molecule has 0 aromatic heterocycles. The summed E-state index contributed by atoms with van der Waals surface area (Å²) >= 11 is 0. The van der Waals surface area contributed by atoms with Crippen LogP contribution < -0.4 is 0 Å². The SMILES string of the molecule is Cc1ccc(CN(C)C(=O)CCc2ccccc2)cc1. The van der Waals surface area contributed by atoms with Crippen LogP contribution in [0.1, 0.15) is 23.1 Å². The van der Waals surface area contributed by atoms with Crippen LogP contribution in [0.3, 0.4) is 0 Å². The van der Waals surface area contributed by atoms with E-state index in [1.54, 1.807) is 4.90 Å². The van der Waals surface area contributed by atoms with Crippen LogP contribution in [0, 0.1) is 6.92 Å². The number of hydrogen-bond acceptors (Lipinski definition) is 1. The molecule has 0 aliphatic carbocycles. The average molecular weight is 267 g/mol. The monoisotopic (exact) mass is 267 g/mol. The van der Waals surface area contributed by atoms with Gasteiger partial charge >= 0.3 is 0 Å². The van der Waals surface area contributed by atoms with Gasteiger partial charge < -0.3 is 4.90 Å². The predicted octanol–water partition coefficient (Wildman–Crippen LogP) is 3.59. The largest absolute Gasteiger partial charge is 0.341 e. The smallest absolute Gasteiger partial charge is 0.222 e. The van der Waals surface area contributed by atoms with Crippen LogP contribution in [0.15, 0.2) is 54.6 Å². The lowest BCUT2D eigenvalue weighted by atomic mass is 10.1. The second kappa shape index (κ2) is 6.90. The number of carbonyl (C=O) groups is 1. The van der Waals surface area contributed by atoms with E-state index in [0.29, 0.717) is 13.0 Å². The van der Waals surface area contributed by atoms with Crippen molar-refractivity contribution in [2.75, 3.05) is 7.05 Å². The maximum Gasteiger partial charge on any atom is 0.222 e. The number of benzene rings is 2. The molecule has 2 heteroatoms. The van der Waals surface area contributed by atoms with E-state index in [4.69, 9.17) is 0 Å². The minimum absolute atomic E-state index is 0.189. The molecule has 1 amide bonds. The molecular weight excluding hydrogens is 246 g/mol. The molecule has 0 spiro atoms. The van der Waals surface area contributed by atoms with Gasteiger partial charge in [0.25, 0.3) is 0 Å². The van der Waals surface area contributed by atoms with Crippen LogP contribution in [0.25, 0.3) is 0 Å². The van der Waals surface area contributed by atoms with Crippen LogP contribution in [0.5, 0.6) is 0 Å². The highest BCUT2D eigenvalue weighted by molar-refractivity contribution is 5.76. The summed E-state index contributed by atoms with van der Waals surface area (Å²) in [6, 6.07) is 18.5. The summed E-state index contributed by atoms with van der Waals surface area (Å²) in [4.78, 5) is 13.9. The van der Waals surface area contributed by atoms with Gasteiger partial charge in [0, 0.05) is 20.0 Å². The number of nitrogens with zero attached hydrogens (tertiary/aromatic N) is 1. The van der Waals surface area contributed by atoms with Crippen molar-refractivity contribution in [3.63, 3.8) is 0 Å². The number of aryl methyl sites for hydroxylation is 2. The highest BCUT2D eigenvalue weighted by atomic mass is 16.2. The van der Waals surface area contributed by atoms with Crippen molar-refractivity contribution in [3.05, 3.63) is 71.3 Å². The van der Waals surface area contributed by atoms with Gasteiger partial charge in [-0.3, -0.25) is 4.79 Å². The molecule has 0 radical (unpaired) electrons. The molecule has 0 aliphatic rings. The second-order valence-corrected chi connectivity index (χ2v) is 5.22. The average Bonchev–Trinajstić information content (AvgIpc) is 2.48.